The van der Waals surface area contributed by atoms with E-state index in [9.17, 15) is 22.8 Å². The van der Waals surface area contributed by atoms with Gasteiger partial charge in [-0.25, -0.2) is 0 Å². The van der Waals surface area contributed by atoms with Crippen LogP contribution in [0.15, 0.2) is 24.3 Å². The number of hydrogen-bond acceptors (Lipinski definition) is 3. The monoisotopic (exact) mass is 302 g/mol. The lowest BCUT2D eigenvalue weighted by atomic mass is 10.0. The molecule has 0 amide bonds. The van der Waals surface area contributed by atoms with Gasteiger partial charge in [-0.3, -0.25) is 9.59 Å². The van der Waals surface area contributed by atoms with E-state index < -0.39 is 35.5 Å². The molecule has 0 aromatic heterocycles. The Morgan fingerprint density at radius 3 is 2.29 bits per heavy atom. The predicted molar refractivity (Wildman–Crippen MR) is 70.6 cm³/mol. The Morgan fingerprint density at radius 2 is 1.76 bits per heavy atom. The molecule has 0 aliphatic carbocycles. The molecule has 1 rings (SSSR count). The van der Waals surface area contributed by atoms with Gasteiger partial charge in [0, 0.05) is 6.42 Å². The number of ether oxygens (including phenoxy) is 1. The first-order valence-electron chi connectivity index (χ1n) is 6.37. The third kappa shape index (κ3) is 6.42. The van der Waals surface area contributed by atoms with Gasteiger partial charge in [-0.2, -0.15) is 13.2 Å². The summed E-state index contributed by atoms with van der Waals surface area (Å²) in [6.45, 7) is 5.01. The van der Waals surface area contributed by atoms with Crippen molar-refractivity contribution in [1.82, 2.24) is 0 Å². The highest BCUT2D eigenvalue weighted by molar-refractivity contribution is 5.96. The fourth-order valence-electron chi connectivity index (χ4n) is 1.69. The van der Waals surface area contributed by atoms with Gasteiger partial charge in [-0.05, 0) is 32.4 Å². The van der Waals surface area contributed by atoms with Crippen LogP contribution in [0.2, 0.25) is 0 Å². The minimum absolute atomic E-state index is 0.221. The van der Waals surface area contributed by atoms with E-state index in [4.69, 9.17) is 4.74 Å². The molecule has 0 spiro atoms. The lowest BCUT2D eigenvalue weighted by Gasteiger charge is -2.19. The molecule has 0 aliphatic rings. The number of rotatable bonds is 4. The number of hydrogen-bond donors (Lipinski definition) is 0. The van der Waals surface area contributed by atoms with Gasteiger partial charge in [0.15, 0.2) is 0 Å². The van der Waals surface area contributed by atoms with Crippen molar-refractivity contribution in [2.75, 3.05) is 0 Å². The van der Waals surface area contributed by atoms with Crippen LogP contribution in [0.1, 0.15) is 38.3 Å². The minimum Gasteiger partial charge on any atom is -0.460 e. The zero-order valence-electron chi connectivity index (χ0n) is 12.1. The molecular formula is C15H17F3O3. The fourth-order valence-corrected chi connectivity index (χ4v) is 1.69. The predicted octanol–water partition coefficient (Wildman–Crippen LogP) is 3.55. The first-order valence-corrected chi connectivity index (χ1v) is 6.37. The molecule has 0 saturated heterocycles. The van der Waals surface area contributed by atoms with Gasteiger partial charge in [0.1, 0.15) is 17.8 Å². The second-order valence-corrected chi connectivity index (χ2v) is 5.68. The Balaban J connectivity index is 2.66. The standard InChI is InChI=1S/C15H17F3O3/c1-14(2,3)21-13(20)9-12(19)8-10-5-4-6-11(7-10)15(16,17)18/h4-7H,8-9H2,1-3H3. The summed E-state index contributed by atoms with van der Waals surface area (Å²) in [5.41, 5.74) is -1.29. The number of carbonyl (C=O) groups excluding carboxylic acids is 2. The number of benzene rings is 1. The van der Waals surface area contributed by atoms with Crippen LogP contribution < -0.4 is 0 Å². The molecule has 3 nitrogen and oxygen atoms in total. The van der Waals surface area contributed by atoms with Crippen LogP contribution in [-0.4, -0.2) is 17.4 Å². The van der Waals surface area contributed by atoms with Crippen LogP contribution in [0.3, 0.4) is 0 Å². The van der Waals surface area contributed by atoms with Crippen LogP contribution in [0, 0.1) is 0 Å². The van der Waals surface area contributed by atoms with Crippen molar-refractivity contribution >= 4 is 11.8 Å². The smallest absolute Gasteiger partial charge is 0.416 e. The average Bonchev–Trinajstić information content (AvgIpc) is 2.24. The lowest BCUT2D eigenvalue weighted by Crippen LogP contribution is -2.25. The molecule has 0 unspecified atom stereocenters. The normalized spacial score (nSPS) is 12.1. The number of carbonyl (C=O) groups is 2. The number of halogens is 3. The molecule has 0 radical (unpaired) electrons. The molecular weight excluding hydrogens is 285 g/mol. The third-order valence-corrected chi connectivity index (χ3v) is 2.42. The summed E-state index contributed by atoms with van der Waals surface area (Å²) in [5, 5.41) is 0. The molecule has 0 saturated carbocycles. The highest BCUT2D eigenvalue weighted by atomic mass is 19.4. The van der Waals surface area contributed by atoms with Crippen molar-refractivity contribution < 1.29 is 27.5 Å². The van der Waals surface area contributed by atoms with Gasteiger partial charge < -0.3 is 4.74 Å². The molecule has 0 fully saturated rings. The molecule has 116 valence electrons. The molecule has 6 heteroatoms. The third-order valence-electron chi connectivity index (χ3n) is 2.42. The number of alkyl halides is 3. The molecule has 1 aromatic carbocycles. The zero-order valence-corrected chi connectivity index (χ0v) is 12.1. The van der Waals surface area contributed by atoms with Crippen LogP contribution in [0.5, 0.6) is 0 Å². The Hall–Kier alpha value is -1.85. The summed E-state index contributed by atoms with van der Waals surface area (Å²) in [6, 6.07) is 4.50. The van der Waals surface area contributed by atoms with Crippen LogP contribution in [-0.2, 0) is 26.9 Å². The first-order chi connectivity index (χ1) is 9.47. The summed E-state index contributed by atoms with van der Waals surface area (Å²) in [6.07, 6.45) is -5.14. The summed E-state index contributed by atoms with van der Waals surface area (Å²) >= 11 is 0. The Kier molecular flexibility index (Phi) is 5.15. The zero-order chi connectivity index (χ0) is 16.3. The molecule has 0 aliphatic heterocycles. The van der Waals surface area contributed by atoms with Crippen molar-refractivity contribution in [3.63, 3.8) is 0 Å². The summed E-state index contributed by atoms with van der Waals surface area (Å²) in [4.78, 5) is 23.2. The van der Waals surface area contributed by atoms with Gasteiger partial charge in [0.2, 0.25) is 0 Å². The van der Waals surface area contributed by atoms with Crippen molar-refractivity contribution in [2.24, 2.45) is 0 Å². The van der Waals surface area contributed by atoms with E-state index >= 15 is 0 Å². The number of ketones is 1. The van der Waals surface area contributed by atoms with Gasteiger partial charge in [0.25, 0.3) is 0 Å². The quantitative estimate of drug-likeness (QED) is 0.631. The summed E-state index contributed by atoms with van der Waals surface area (Å²) < 4.78 is 42.6. The molecule has 1 aromatic rings. The summed E-state index contributed by atoms with van der Waals surface area (Å²) in [5.74, 6) is -1.16. The van der Waals surface area contributed by atoms with E-state index in [0.29, 0.717) is 0 Å². The lowest BCUT2D eigenvalue weighted by molar-refractivity contribution is -0.156. The van der Waals surface area contributed by atoms with E-state index in [0.717, 1.165) is 12.1 Å². The van der Waals surface area contributed by atoms with Crippen LogP contribution >= 0.6 is 0 Å². The maximum atomic E-state index is 12.5. The number of esters is 1. The van der Waals surface area contributed by atoms with E-state index in [1.54, 1.807) is 20.8 Å². The van der Waals surface area contributed by atoms with Crippen molar-refractivity contribution in [3.8, 4) is 0 Å². The molecule has 21 heavy (non-hydrogen) atoms. The van der Waals surface area contributed by atoms with E-state index in [2.05, 4.69) is 0 Å². The Bertz CT molecular complexity index is 528. The van der Waals surface area contributed by atoms with Crippen molar-refractivity contribution in [1.29, 1.82) is 0 Å². The first kappa shape index (κ1) is 17.2. The van der Waals surface area contributed by atoms with Gasteiger partial charge in [-0.15, -0.1) is 0 Å². The molecule has 0 bridgehead atoms. The topological polar surface area (TPSA) is 43.4 Å². The van der Waals surface area contributed by atoms with Gasteiger partial charge >= 0.3 is 12.1 Å². The van der Waals surface area contributed by atoms with E-state index in [1.807, 2.05) is 0 Å². The number of Topliss-reactive ketones (excluding diaryl/α,β-unsaturated/α-hetero) is 1. The highest BCUT2D eigenvalue weighted by Gasteiger charge is 2.30. The molecule has 0 N–H and O–H groups in total. The highest BCUT2D eigenvalue weighted by Crippen LogP contribution is 2.29. The van der Waals surface area contributed by atoms with Gasteiger partial charge in [-0.1, -0.05) is 18.2 Å². The average molecular weight is 302 g/mol. The minimum atomic E-state index is -4.45. The Morgan fingerprint density at radius 1 is 1.14 bits per heavy atom. The van der Waals surface area contributed by atoms with Crippen LogP contribution in [0.25, 0.3) is 0 Å². The SMILES string of the molecule is CC(C)(C)OC(=O)CC(=O)Cc1cccc(C(F)(F)F)c1. The Labute approximate surface area is 121 Å². The van der Waals surface area contributed by atoms with E-state index in [1.165, 1.54) is 12.1 Å². The van der Waals surface area contributed by atoms with E-state index in [-0.39, 0.29) is 12.0 Å². The molecule has 0 atom stereocenters. The maximum absolute atomic E-state index is 12.5. The maximum Gasteiger partial charge on any atom is 0.416 e. The fraction of sp³-hybridized carbons (Fsp3) is 0.467. The van der Waals surface area contributed by atoms with Crippen LogP contribution in [0.4, 0.5) is 13.2 Å². The summed E-state index contributed by atoms with van der Waals surface area (Å²) in [7, 11) is 0. The van der Waals surface area contributed by atoms with Gasteiger partial charge in [0.05, 0.1) is 5.56 Å². The molecule has 0 heterocycles. The second kappa shape index (κ2) is 6.28. The largest absolute Gasteiger partial charge is 0.460 e. The van der Waals surface area contributed by atoms with Crippen molar-refractivity contribution in [3.05, 3.63) is 35.4 Å². The second-order valence-electron chi connectivity index (χ2n) is 5.68. The van der Waals surface area contributed by atoms with Crippen molar-refractivity contribution in [2.45, 2.75) is 45.4 Å².